The summed E-state index contributed by atoms with van der Waals surface area (Å²) in [6, 6.07) is 5.79. The Morgan fingerprint density at radius 1 is 1.00 bits per heavy atom. The van der Waals surface area contributed by atoms with E-state index in [1.54, 1.807) is 0 Å². The number of ether oxygens (including phenoxy) is 2. The molecule has 0 amide bonds. The largest absolute Gasteiger partial charge is 0.486 e. The Hall–Kier alpha value is -2.30. The van der Waals surface area contributed by atoms with Gasteiger partial charge in [0.05, 0.1) is 5.69 Å². The standard InChI is InChI=1S/C14H15N3O2/c1-8-9(2)14(15)17-16-13(8)10-3-4-11-12(7-10)19-6-5-18-11/h3-4,7H,5-6H2,1-2H3,(H2,15,17). The van der Waals surface area contributed by atoms with Crippen LogP contribution in [0.1, 0.15) is 11.1 Å². The summed E-state index contributed by atoms with van der Waals surface area (Å²) in [6.45, 7) is 5.10. The van der Waals surface area contributed by atoms with Crippen LogP contribution in [0.25, 0.3) is 11.3 Å². The van der Waals surface area contributed by atoms with Crippen molar-refractivity contribution in [2.75, 3.05) is 18.9 Å². The van der Waals surface area contributed by atoms with E-state index in [0.29, 0.717) is 19.0 Å². The van der Waals surface area contributed by atoms with E-state index in [1.807, 2.05) is 32.0 Å². The van der Waals surface area contributed by atoms with E-state index < -0.39 is 0 Å². The fourth-order valence-electron chi connectivity index (χ4n) is 2.09. The molecule has 0 radical (unpaired) electrons. The first-order valence-electron chi connectivity index (χ1n) is 6.16. The molecule has 2 N–H and O–H groups in total. The molecule has 2 aromatic rings. The van der Waals surface area contributed by atoms with Gasteiger partial charge in [0.15, 0.2) is 11.5 Å². The summed E-state index contributed by atoms with van der Waals surface area (Å²) in [5.41, 5.74) is 9.53. The van der Waals surface area contributed by atoms with Crippen molar-refractivity contribution in [1.82, 2.24) is 10.2 Å². The third-order valence-corrected chi connectivity index (χ3v) is 3.38. The zero-order valence-electron chi connectivity index (χ0n) is 10.9. The molecule has 0 unspecified atom stereocenters. The van der Waals surface area contributed by atoms with Crippen LogP contribution < -0.4 is 15.2 Å². The lowest BCUT2D eigenvalue weighted by atomic mass is 10.0. The monoisotopic (exact) mass is 257 g/mol. The minimum Gasteiger partial charge on any atom is -0.486 e. The second kappa shape index (κ2) is 4.42. The Labute approximate surface area is 111 Å². The lowest BCUT2D eigenvalue weighted by Crippen LogP contribution is -2.15. The van der Waals surface area contributed by atoms with Gasteiger partial charge >= 0.3 is 0 Å². The molecule has 0 atom stereocenters. The highest BCUT2D eigenvalue weighted by Gasteiger charge is 2.15. The molecule has 98 valence electrons. The van der Waals surface area contributed by atoms with Crippen molar-refractivity contribution in [1.29, 1.82) is 0 Å². The molecule has 5 heteroatoms. The zero-order chi connectivity index (χ0) is 13.4. The first-order valence-corrected chi connectivity index (χ1v) is 6.16. The number of hydrogen-bond acceptors (Lipinski definition) is 5. The molecule has 0 bridgehead atoms. The van der Waals surface area contributed by atoms with Crippen LogP contribution in [0.5, 0.6) is 11.5 Å². The van der Waals surface area contributed by atoms with Crippen LogP contribution in [0.15, 0.2) is 18.2 Å². The SMILES string of the molecule is Cc1c(N)nnc(-c2ccc3c(c2)OCCO3)c1C. The van der Waals surface area contributed by atoms with Crippen molar-refractivity contribution in [2.45, 2.75) is 13.8 Å². The summed E-state index contributed by atoms with van der Waals surface area (Å²) in [5.74, 6) is 1.99. The van der Waals surface area contributed by atoms with Crippen LogP contribution in [0.4, 0.5) is 5.82 Å². The normalized spacial score (nSPS) is 13.4. The summed E-state index contributed by atoms with van der Waals surface area (Å²) < 4.78 is 11.1. The molecule has 0 aliphatic carbocycles. The summed E-state index contributed by atoms with van der Waals surface area (Å²) in [5, 5.41) is 8.17. The molecule has 0 spiro atoms. The van der Waals surface area contributed by atoms with Crippen LogP contribution in [0, 0.1) is 13.8 Å². The Morgan fingerprint density at radius 2 is 1.74 bits per heavy atom. The Bertz CT molecular complexity index is 641. The Balaban J connectivity index is 2.10. The topological polar surface area (TPSA) is 70.3 Å². The van der Waals surface area contributed by atoms with Gasteiger partial charge in [0.2, 0.25) is 0 Å². The molecule has 1 aliphatic heterocycles. The fraction of sp³-hybridized carbons (Fsp3) is 0.286. The minimum atomic E-state index is 0.471. The van der Waals surface area contributed by atoms with Gasteiger partial charge in [-0.3, -0.25) is 0 Å². The smallest absolute Gasteiger partial charge is 0.162 e. The van der Waals surface area contributed by atoms with Crippen LogP contribution in [0.3, 0.4) is 0 Å². The van der Waals surface area contributed by atoms with Crippen LogP contribution in [-0.2, 0) is 0 Å². The van der Waals surface area contributed by atoms with Gasteiger partial charge in [0.25, 0.3) is 0 Å². The number of benzene rings is 1. The maximum atomic E-state index is 5.76. The molecule has 1 aliphatic rings. The molecule has 0 saturated carbocycles. The molecule has 1 aromatic heterocycles. The lowest BCUT2D eigenvalue weighted by Gasteiger charge is -2.19. The van der Waals surface area contributed by atoms with E-state index in [0.717, 1.165) is 33.9 Å². The molecule has 1 aromatic carbocycles. The summed E-state index contributed by atoms with van der Waals surface area (Å²) in [6.07, 6.45) is 0. The van der Waals surface area contributed by atoms with Crippen molar-refractivity contribution in [3.05, 3.63) is 29.3 Å². The van der Waals surface area contributed by atoms with E-state index in [1.165, 1.54) is 0 Å². The number of hydrogen-bond donors (Lipinski definition) is 1. The number of fused-ring (bicyclic) bond motifs is 1. The Kier molecular flexibility index (Phi) is 2.74. The molecular weight excluding hydrogens is 242 g/mol. The predicted octanol–water partition coefficient (Wildman–Crippen LogP) is 2.11. The fourth-order valence-corrected chi connectivity index (χ4v) is 2.09. The van der Waals surface area contributed by atoms with Gasteiger partial charge < -0.3 is 15.2 Å². The minimum absolute atomic E-state index is 0.471. The zero-order valence-corrected chi connectivity index (χ0v) is 10.9. The summed E-state index contributed by atoms with van der Waals surface area (Å²) in [7, 11) is 0. The predicted molar refractivity (Wildman–Crippen MR) is 72.3 cm³/mol. The highest BCUT2D eigenvalue weighted by molar-refractivity contribution is 5.69. The van der Waals surface area contributed by atoms with E-state index in [2.05, 4.69) is 10.2 Å². The van der Waals surface area contributed by atoms with Crippen LogP contribution >= 0.6 is 0 Å². The average Bonchev–Trinajstić information content (AvgIpc) is 2.44. The first-order chi connectivity index (χ1) is 9.16. The van der Waals surface area contributed by atoms with Gasteiger partial charge in [-0.15, -0.1) is 10.2 Å². The number of anilines is 1. The number of rotatable bonds is 1. The second-order valence-corrected chi connectivity index (χ2v) is 4.54. The quantitative estimate of drug-likeness (QED) is 0.847. The van der Waals surface area contributed by atoms with Gasteiger partial charge in [-0.05, 0) is 43.2 Å². The second-order valence-electron chi connectivity index (χ2n) is 4.54. The van der Waals surface area contributed by atoms with Crippen molar-refractivity contribution >= 4 is 5.82 Å². The van der Waals surface area contributed by atoms with Crippen LogP contribution in [-0.4, -0.2) is 23.4 Å². The van der Waals surface area contributed by atoms with Gasteiger partial charge in [-0.1, -0.05) is 0 Å². The van der Waals surface area contributed by atoms with E-state index in [9.17, 15) is 0 Å². The average molecular weight is 257 g/mol. The van der Waals surface area contributed by atoms with Crippen LogP contribution in [0.2, 0.25) is 0 Å². The van der Waals surface area contributed by atoms with Gasteiger partial charge in [0.1, 0.15) is 19.0 Å². The molecule has 2 heterocycles. The maximum Gasteiger partial charge on any atom is 0.162 e. The van der Waals surface area contributed by atoms with E-state index in [-0.39, 0.29) is 0 Å². The molecule has 0 fully saturated rings. The van der Waals surface area contributed by atoms with Crippen molar-refractivity contribution < 1.29 is 9.47 Å². The molecule has 5 nitrogen and oxygen atoms in total. The highest BCUT2D eigenvalue weighted by atomic mass is 16.6. The Morgan fingerprint density at radius 3 is 2.53 bits per heavy atom. The third kappa shape index (κ3) is 1.97. The number of nitrogens with zero attached hydrogens (tertiary/aromatic N) is 2. The van der Waals surface area contributed by atoms with Crippen molar-refractivity contribution in [2.24, 2.45) is 0 Å². The van der Waals surface area contributed by atoms with Gasteiger partial charge in [-0.25, -0.2) is 0 Å². The molecule has 3 rings (SSSR count). The summed E-state index contributed by atoms with van der Waals surface area (Å²) >= 11 is 0. The molecule has 19 heavy (non-hydrogen) atoms. The van der Waals surface area contributed by atoms with Crippen molar-refractivity contribution in [3.63, 3.8) is 0 Å². The highest BCUT2D eigenvalue weighted by Crippen LogP contribution is 2.35. The lowest BCUT2D eigenvalue weighted by molar-refractivity contribution is 0.171. The maximum absolute atomic E-state index is 5.76. The van der Waals surface area contributed by atoms with Crippen molar-refractivity contribution in [3.8, 4) is 22.8 Å². The number of nitrogens with two attached hydrogens (primary N) is 1. The summed E-state index contributed by atoms with van der Waals surface area (Å²) in [4.78, 5) is 0. The van der Waals surface area contributed by atoms with Gasteiger partial charge in [0, 0.05) is 5.56 Å². The van der Waals surface area contributed by atoms with E-state index in [4.69, 9.17) is 15.2 Å². The van der Waals surface area contributed by atoms with Gasteiger partial charge in [-0.2, -0.15) is 0 Å². The first kappa shape index (κ1) is 11.8. The number of aromatic nitrogens is 2. The molecule has 0 saturated heterocycles. The molecular formula is C14H15N3O2. The number of nitrogen functional groups attached to an aromatic ring is 1. The van der Waals surface area contributed by atoms with E-state index >= 15 is 0 Å². The third-order valence-electron chi connectivity index (χ3n) is 3.38.